The first-order chi connectivity index (χ1) is 13.5. The van der Waals surface area contributed by atoms with Gasteiger partial charge < -0.3 is 4.90 Å². The van der Waals surface area contributed by atoms with Gasteiger partial charge in [0.2, 0.25) is 16.0 Å². The number of sulfonamides is 1. The molecule has 29 heavy (non-hydrogen) atoms. The molecule has 0 unspecified atom stereocenters. The summed E-state index contributed by atoms with van der Waals surface area (Å²) in [5, 5.41) is 0. The second-order valence-corrected chi connectivity index (χ2v) is 9.75. The van der Waals surface area contributed by atoms with Gasteiger partial charge in [0.25, 0.3) is 5.92 Å². The number of benzene rings is 1. The van der Waals surface area contributed by atoms with Gasteiger partial charge in [0, 0.05) is 36.2 Å². The highest BCUT2D eigenvalue weighted by molar-refractivity contribution is 7.88. The number of alkyl halides is 2. The zero-order valence-corrected chi connectivity index (χ0v) is 17.4. The first-order valence-electron chi connectivity index (χ1n) is 9.68. The lowest BCUT2D eigenvalue weighted by Crippen LogP contribution is -2.47. The number of fused-ring (bicyclic) bond motifs is 1. The lowest BCUT2D eigenvalue weighted by atomic mass is 10.00. The normalized spacial score (nSPS) is 21.6. The zero-order valence-electron chi connectivity index (χ0n) is 16.6. The van der Waals surface area contributed by atoms with Crippen molar-refractivity contribution in [3.63, 3.8) is 0 Å². The Morgan fingerprint density at radius 2 is 2.07 bits per heavy atom. The zero-order chi connectivity index (χ0) is 21.0. The molecule has 9 heteroatoms. The van der Waals surface area contributed by atoms with Crippen LogP contribution in [-0.4, -0.2) is 37.2 Å². The van der Waals surface area contributed by atoms with Gasteiger partial charge in [-0.1, -0.05) is 18.2 Å². The smallest absolute Gasteiger partial charge is 0.290 e. The summed E-state index contributed by atoms with van der Waals surface area (Å²) >= 11 is 0. The molecule has 1 aliphatic carbocycles. The maximum atomic E-state index is 14.5. The van der Waals surface area contributed by atoms with E-state index in [4.69, 9.17) is 0 Å². The minimum Gasteiger partial charge on any atom is -0.338 e. The van der Waals surface area contributed by atoms with Crippen LogP contribution in [0.25, 0.3) is 11.3 Å². The van der Waals surface area contributed by atoms with Gasteiger partial charge in [0.05, 0.1) is 11.9 Å². The second-order valence-electron chi connectivity index (χ2n) is 7.97. The molecule has 1 aromatic heterocycles. The minimum absolute atomic E-state index is 0.177. The van der Waals surface area contributed by atoms with Crippen LogP contribution in [0.15, 0.2) is 24.3 Å². The van der Waals surface area contributed by atoms with E-state index in [1.807, 2.05) is 24.0 Å². The first-order valence-corrected chi connectivity index (χ1v) is 11.6. The largest absolute Gasteiger partial charge is 0.338 e. The van der Waals surface area contributed by atoms with Gasteiger partial charge in [0.15, 0.2) is 0 Å². The van der Waals surface area contributed by atoms with E-state index in [1.165, 1.54) is 0 Å². The van der Waals surface area contributed by atoms with Crippen LogP contribution in [0.5, 0.6) is 0 Å². The van der Waals surface area contributed by atoms with Crippen LogP contribution in [-0.2, 0) is 22.4 Å². The molecule has 2 atom stereocenters. The number of nitrogens with zero attached hydrogens (tertiary/aromatic N) is 3. The molecule has 1 saturated heterocycles. The third-order valence-electron chi connectivity index (χ3n) is 5.66. The second kappa shape index (κ2) is 6.98. The summed E-state index contributed by atoms with van der Waals surface area (Å²) < 4.78 is 54.7. The molecule has 2 aliphatic rings. The Hall–Kier alpha value is -2.13. The van der Waals surface area contributed by atoms with Gasteiger partial charge in [0.1, 0.15) is 5.69 Å². The van der Waals surface area contributed by atoms with Crippen LogP contribution >= 0.6 is 0 Å². The van der Waals surface area contributed by atoms with Crippen molar-refractivity contribution in [1.82, 2.24) is 14.7 Å². The molecule has 4 rings (SSSR count). The molecular formula is C20H24F2N4O2S. The van der Waals surface area contributed by atoms with E-state index in [-0.39, 0.29) is 24.6 Å². The van der Waals surface area contributed by atoms with Crippen molar-refractivity contribution in [1.29, 1.82) is 0 Å². The van der Waals surface area contributed by atoms with Gasteiger partial charge in [-0.2, -0.15) is 8.78 Å². The third-order valence-corrected chi connectivity index (χ3v) is 6.44. The van der Waals surface area contributed by atoms with Crippen molar-refractivity contribution in [2.45, 2.75) is 51.1 Å². The quantitative estimate of drug-likeness (QED) is 0.800. The summed E-state index contributed by atoms with van der Waals surface area (Å²) in [6, 6.07) is 7.00. The lowest BCUT2D eigenvalue weighted by molar-refractivity contribution is -0.00595. The maximum absolute atomic E-state index is 14.5. The molecule has 0 bridgehead atoms. The molecule has 2 heterocycles. The summed E-state index contributed by atoms with van der Waals surface area (Å²) in [5.41, 5.74) is 2.24. The van der Waals surface area contributed by atoms with Crippen LogP contribution in [0, 0.1) is 0 Å². The summed E-state index contributed by atoms with van der Waals surface area (Å²) in [4.78, 5) is 10.9. The average Bonchev–Trinajstić information content (AvgIpc) is 2.94. The van der Waals surface area contributed by atoms with Crippen LogP contribution in [0.4, 0.5) is 14.7 Å². The number of rotatable bonds is 5. The number of nitrogens with one attached hydrogen (secondary N) is 1. The van der Waals surface area contributed by atoms with E-state index in [9.17, 15) is 17.2 Å². The standard InChI is InChI=1S/C20H24F2N4O2S/c1-12-8-10-26(12)19-23-17(16-7-9-20(21,22)18(16)24-19)15-6-4-5-14(11-15)13(2)25-29(3,27)28/h4-6,11-13,25H,7-10H2,1-3H3/t12-,13-/m0/s1. The Bertz CT molecular complexity index is 1060. The van der Waals surface area contributed by atoms with Crippen LogP contribution in [0.1, 0.15) is 49.6 Å². The van der Waals surface area contributed by atoms with Crippen LogP contribution < -0.4 is 9.62 Å². The van der Waals surface area contributed by atoms with Crippen molar-refractivity contribution in [2.75, 3.05) is 17.7 Å². The summed E-state index contributed by atoms with van der Waals surface area (Å²) in [6.07, 6.45) is 2.03. The maximum Gasteiger partial charge on any atom is 0.290 e. The van der Waals surface area contributed by atoms with Crippen molar-refractivity contribution in [3.8, 4) is 11.3 Å². The molecule has 0 spiro atoms. The number of aromatic nitrogens is 2. The Morgan fingerprint density at radius 1 is 1.31 bits per heavy atom. The van der Waals surface area contributed by atoms with E-state index < -0.39 is 22.0 Å². The summed E-state index contributed by atoms with van der Waals surface area (Å²) in [5.74, 6) is -2.62. The van der Waals surface area contributed by atoms with Gasteiger partial charge in [-0.25, -0.2) is 23.1 Å². The van der Waals surface area contributed by atoms with E-state index >= 15 is 0 Å². The molecule has 1 aliphatic heterocycles. The predicted octanol–water partition coefficient (Wildman–Crippen LogP) is 3.39. The minimum atomic E-state index is -3.38. The number of hydrogen-bond donors (Lipinski definition) is 1. The summed E-state index contributed by atoms with van der Waals surface area (Å²) in [6.45, 7) is 4.52. The molecule has 1 aromatic carbocycles. The van der Waals surface area contributed by atoms with E-state index in [1.54, 1.807) is 19.1 Å². The molecule has 1 N–H and O–H groups in total. The van der Waals surface area contributed by atoms with E-state index in [2.05, 4.69) is 14.7 Å². The van der Waals surface area contributed by atoms with Gasteiger partial charge in [-0.05, 0) is 38.3 Å². The Labute approximate surface area is 169 Å². The monoisotopic (exact) mass is 422 g/mol. The molecule has 0 amide bonds. The number of halogens is 2. The highest BCUT2D eigenvalue weighted by atomic mass is 32.2. The molecular weight excluding hydrogens is 398 g/mol. The molecule has 2 aromatic rings. The number of anilines is 1. The summed E-state index contributed by atoms with van der Waals surface area (Å²) in [7, 11) is -3.38. The lowest BCUT2D eigenvalue weighted by Gasteiger charge is -2.39. The molecule has 0 saturated carbocycles. The Kier molecular flexibility index (Phi) is 4.85. The molecule has 0 radical (unpaired) electrons. The van der Waals surface area contributed by atoms with Crippen molar-refractivity contribution in [2.24, 2.45) is 0 Å². The van der Waals surface area contributed by atoms with Crippen molar-refractivity contribution < 1.29 is 17.2 Å². The predicted molar refractivity (Wildman–Crippen MR) is 108 cm³/mol. The van der Waals surface area contributed by atoms with Crippen molar-refractivity contribution >= 4 is 16.0 Å². The molecule has 1 fully saturated rings. The topological polar surface area (TPSA) is 75.2 Å². The van der Waals surface area contributed by atoms with Crippen molar-refractivity contribution in [3.05, 3.63) is 41.1 Å². The van der Waals surface area contributed by atoms with E-state index in [0.29, 0.717) is 22.8 Å². The average molecular weight is 423 g/mol. The van der Waals surface area contributed by atoms with E-state index in [0.717, 1.165) is 24.8 Å². The highest BCUT2D eigenvalue weighted by Gasteiger charge is 2.44. The van der Waals surface area contributed by atoms with Gasteiger partial charge in [-0.15, -0.1) is 0 Å². The Balaban J connectivity index is 1.80. The third kappa shape index (κ3) is 3.85. The SMILES string of the molecule is C[C@H](NS(C)(=O)=O)c1cccc(-c2nc(N3CC[C@@H]3C)nc3c2CCC3(F)F)c1. The van der Waals surface area contributed by atoms with Crippen LogP contribution in [0.3, 0.4) is 0 Å². The fourth-order valence-electron chi connectivity index (χ4n) is 3.94. The van der Waals surface area contributed by atoms with Gasteiger partial charge in [-0.3, -0.25) is 0 Å². The Morgan fingerprint density at radius 3 is 2.69 bits per heavy atom. The fraction of sp³-hybridized carbons (Fsp3) is 0.500. The first kappa shape index (κ1) is 20.2. The molecule has 156 valence electrons. The highest BCUT2D eigenvalue weighted by Crippen LogP contribution is 2.45. The molecule has 6 nitrogen and oxygen atoms in total. The van der Waals surface area contributed by atoms with Gasteiger partial charge >= 0.3 is 0 Å². The van der Waals surface area contributed by atoms with Crippen LogP contribution in [0.2, 0.25) is 0 Å². The number of hydrogen-bond acceptors (Lipinski definition) is 5. The fourth-order valence-corrected chi connectivity index (χ4v) is 4.72.